The van der Waals surface area contributed by atoms with Gasteiger partial charge >= 0.3 is 0 Å². The van der Waals surface area contributed by atoms with Crippen molar-refractivity contribution in [2.75, 3.05) is 19.0 Å². The molecule has 4 nitrogen and oxygen atoms in total. The third-order valence-corrected chi connectivity index (χ3v) is 3.13. The molecule has 0 aliphatic carbocycles. The van der Waals surface area contributed by atoms with Crippen molar-refractivity contribution in [2.45, 2.75) is 32.7 Å². The maximum atomic E-state index is 11.8. The van der Waals surface area contributed by atoms with Crippen LogP contribution in [0.2, 0.25) is 5.02 Å². The molecule has 1 aromatic carbocycles. The van der Waals surface area contributed by atoms with Gasteiger partial charge in [-0.15, -0.1) is 0 Å². The van der Waals surface area contributed by atoms with Gasteiger partial charge in [-0.25, -0.2) is 0 Å². The number of rotatable bonds is 7. The number of hydrogen-bond acceptors (Lipinski definition) is 3. The largest absolute Gasteiger partial charge is 0.495 e. The molecular formula is C14H21ClN2O2. The monoisotopic (exact) mass is 284 g/mol. The number of carbonyl (C=O) groups is 1. The third kappa shape index (κ3) is 5.49. The van der Waals surface area contributed by atoms with E-state index in [4.69, 9.17) is 16.3 Å². The van der Waals surface area contributed by atoms with E-state index in [0.717, 1.165) is 6.42 Å². The van der Waals surface area contributed by atoms with E-state index in [1.165, 1.54) is 0 Å². The molecule has 0 heterocycles. The van der Waals surface area contributed by atoms with E-state index < -0.39 is 0 Å². The van der Waals surface area contributed by atoms with Crippen molar-refractivity contribution in [1.82, 2.24) is 5.32 Å². The number of benzene rings is 1. The van der Waals surface area contributed by atoms with Crippen LogP contribution in [0, 0.1) is 0 Å². The Morgan fingerprint density at radius 3 is 2.84 bits per heavy atom. The normalized spacial score (nSPS) is 12.0. The van der Waals surface area contributed by atoms with Crippen molar-refractivity contribution in [3.05, 3.63) is 23.2 Å². The van der Waals surface area contributed by atoms with Gasteiger partial charge in [0.15, 0.2) is 0 Å². The van der Waals surface area contributed by atoms with Gasteiger partial charge in [0.2, 0.25) is 5.91 Å². The molecule has 106 valence electrons. The Bertz CT molecular complexity index is 424. The predicted molar refractivity (Wildman–Crippen MR) is 79.0 cm³/mol. The molecule has 1 aromatic rings. The molecule has 1 atom stereocenters. The maximum Gasteiger partial charge on any atom is 0.225 e. The number of nitrogens with one attached hydrogen (secondary N) is 2. The minimum absolute atomic E-state index is 0.0589. The quantitative estimate of drug-likeness (QED) is 0.809. The fourth-order valence-corrected chi connectivity index (χ4v) is 1.74. The van der Waals surface area contributed by atoms with E-state index in [0.29, 0.717) is 35.5 Å². The van der Waals surface area contributed by atoms with E-state index in [1.807, 2.05) is 0 Å². The van der Waals surface area contributed by atoms with Gasteiger partial charge in [-0.05, 0) is 31.5 Å². The van der Waals surface area contributed by atoms with Crippen LogP contribution in [-0.4, -0.2) is 25.6 Å². The average molecular weight is 285 g/mol. The van der Waals surface area contributed by atoms with E-state index in [2.05, 4.69) is 24.5 Å². The molecule has 0 fully saturated rings. The molecule has 0 aliphatic rings. The Labute approximate surface area is 119 Å². The molecule has 0 saturated heterocycles. The second-order valence-electron chi connectivity index (χ2n) is 4.41. The van der Waals surface area contributed by atoms with E-state index in [-0.39, 0.29) is 5.91 Å². The van der Waals surface area contributed by atoms with Gasteiger partial charge < -0.3 is 15.4 Å². The molecule has 1 rings (SSSR count). The van der Waals surface area contributed by atoms with Crippen LogP contribution in [0.5, 0.6) is 5.75 Å². The summed E-state index contributed by atoms with van der Waals surface area (Å²) >= 11 is 5.90. The molecule has 1 unspecified atom stereocenters. The van der Waals surface area contributed by atoms with Crippen LogP contribution in [0.4, 0.5) is 5.69 Å². The first-order valence-electron chi connectivity index (χ1n) is 6.43. The molecule has 0 aromatic heterocycles. The highest BCUT2D eigenvalue weighted by atomic mass is 35.5. The lowest BCUT2D eigenvalue weighted by Gasteiger charge is -2.12. The van der Waals surface area contributed by atoms with Crippen molar-refractivity contribution < 1.29 is 9.53 Å². The number of carbonyl (C=O) groups excluding carboxylic acids is 1. The minimum atomic E-state index is -0.0589. The van der Waals surface area contributed by atoms with Gasteiger partial charge in [0.1, 0.15) is 5.75 Å². The highest BCUT2D eigenvalue weighted by Gasteiger charge is 2.08. The summed E-state index contributed by atoms with van der Waals surface area (Å²) in [6, 6.07) is 5.56. The minimum Gasteiger partial charge on any atom is -0.495 e. The van der Waals surface area contributed by atoms with Crippen molar-refractivity contribution in [2.24, 2.45) is 0 Å². The van der Waals surface area contributed by atoms with E-state index in [9.17, 15) is 4.79 Å². The Morgan fingerprint density at radius 1 is 1.47 bits per heavy atom. The van der Waals surface area contributed by atoms with Crippen molar-refractivity contribution in [1.29, 1.82) is 0 Å². The number of anilines is 1. The molecule has 0 radical (unpaired) electrons. The van der Waals surface area contributed by atoms with Crippen LogP contribution >= 0.6 is 11.6 Å². The SMILES string of the molecule is CCC(C)NCCC(=O)Nc1cc(Cl)ccc1OC. The fourth-order valence-electron chi connectivity index (χ4n) is 1.57. The lowest BCUT2D eigenvalue weighted by atomic mass is 10.2. The molecular weight excluding hydrogens is 264 g/mol. The maximum absolute atomic E-state index is 11.8. The number of ether oxygens (including phenoxy) is 1. The highest BCUT2D eigenvalue weighted by molar-refractivity contribution is 6.31. The first-order chi connectivity index (χ1) is 9.06. The van der Waals surface area contributed by atoms with Crippen LogP contribution in [0.25, 0.3) is 0 Å². The Kier molecular flexibility index (Phi) is 6.67. The lowest BCUT2D eigenvalue weighted by molar-refractivity contribution is -0.116. The van der Waals surface area contributed by atoms with Crippen molar-refractivity contribution in [3.63, 3.8) is 0 Å². The zero-order chi connectivity index (χ0) is 14.3. The third-order valence-electron chi connectivity index (χ3n) is 2.89. The molecule has 5 heteroatoms. The van der Waals surface area contributed by atoms with Crippen LogP contribution in [0.15, 0.2) is 18.2 Å². The molecule has 2 N–H and O–H groups in total. The van der Waals surface area contributed by atoms with Crippen LogP contribution in [0.1, 0.15) is 26.7 Å². The second kappa shape index (κ2) is 8.02. The number of amides is 1. The molecule has 0 spiro atoms. The summed E-state index contributed by atoms with van der Waals surface area (Å²) < 4.78 is 5.17. The number of halogens is 1. The molecule has 0 aliphatic heterocycles. The number of hydrogen-bond donors (Lipinski definition) is 2. The van der Waals surface area contributed by atoms with Gasteiger partial charge in [0.25, 0.3) is 0 Å². The first kappa shape index (κ1) is 15.8. The lowest BCUT2D eigenvalue weighted by Crippen LogP contribution is -2.29. The van der Waals surface area contributed by atoms with Gasteiger partial charge in [-0.1, -0.05) is 18.5 Å². The topological polar surface area (TPSA) is 50.4 Å². The summed E-state index contributed by atoms with van der Waals surface area (Å²) in [7, 11) is 1.56. The number of methoxy groups -OCH3 is 1. The Balaban J connectivity index is 2.50. The van der Waals surface area contributed by atoms with Crippen LogP contribution < -0.4 is 15.4 Å². The fraction of sp³-hybridized carbons (Fsp3) is 0.500. The summed E-state index contributed by atoms with van der Waals surface area (Å²) in [5.74, 6) is 0.545. The molecule has 0 bridgehead atoms. The Morgan fingerprint density at radius 2 is 2.21 bits per heavy atom. The summed E-state index contributed by atoms with van der Waals surface area (Å²) in [5, 5.41) is 6.64. The van der Waals surface area contributed by atoms with Crippen molar-refractivity contribution >= 4 is 23.2 Å². The Hall–Kier alpha value is -1.26. The van der Waals surface area contributed by atoms with Crippen LogP contribution in [-0.2, 0) is 4.79 Å². The second-order valence-corrected chi connectivity index (χ2v) is 4.84. The molecule has 19 heavy (non-hydrogen) atoms. The molecule has 1 amide bonds. The highest BCUT2D eigenvalue weighted by Crippen LogP contribution is 2.27. The molecule has 0 saturated carbocycles. The van der Waals surface area contributed by atoms with E-state index in [1.54, 1.807) is 25.3 Å². The summed E-state index contributed by atoms with van der Waals surface area (Å²) in [6.07, 6.45) is 1.46. The zero-order valence-electron chi connectivity index (χ0n) is 11.6. The average Bonchev–Trinajstić information content (AvgIpc) is 2.38. The first-order valence-corrected chi connectivity index (χ1v) is 6.81. The zero-order valence-corrected chi connectivity index (χ0v) is 12.4. The van der Waals surface area contributed by atoms with Crippen LogP contribution in [0.3, 0.4) is 0 Å². The summed E-state index contributed by atoms with van der Waals surface area (Å²) in [5.41, 5.74) is 0.600. The summed E-state index contributed by atoms with van der Waals surface area (Å²) in [6.45, 7) is 4.86. The predicted octanol–water partition coefficient (Wildman–Crippen LogP) is 3.07. The van der Waals surface area contributed by atoms with Gasteiger partial charge in [0.05, 0.1) is 12.8 Å². The smallest absolute Gasteiger partial charge is 0.225 e. The van der Waals surface area contributed by atoms with E-state index >= 15 is 0 Å². The van der Waals surface area contributed by atoms with Gasteiger partial charge in [-0.3, -0.25) is 4.79 Å². The van der Waals surface area contributed by atoms with Gasteiger partial charge in [-0.2, -0.15) is 0 Å². The summed E-state index contributed by atoms with van der Waals surface area (Å²) in [4.78, 5) is 11.8. The standard InChI is InChI=1S/C14H21ClN2O2/c1-4-10(2)16-8-7-14(18)17-12-9-11(15)5-6-13(12)19-3/h5-6,9-10,16H,4,7-8H2,1-3H3,(H,17,18). The van der Waals surface area contributed by atoms with Gasteiger partial charge in [0, 0.05) is 24.0 Å². The van der Waals surface area contributed by atoms with Crippen molar-refractivity contribution in [3.8, 4) is 5.75 Å².